The van der Waals surface area contributed by atoms with Crippen LogP contribution in [-0.2, 0) is 4.79 Å². The predicted molar refractivity (Wildman–Crippen MR) is 150 cm³/mol. The van der Waals surface area contributed by atoms with Gasteiger partial charge in [-0.3, -0.25) is 9.36 Å². The summed E-state index contributed by atoms with van der Waals surface area (Å²) in [5.41, 5.74) is 2.40. The van der Waals surface area contributed by atoms with E-state index in [-0.39, 0.29) is 11.8 Å². The maximum atomic E-state index is 13.1. The Hall–Kier alpha value is -4.14. The molecule has 198 valence electrons. The molecule has 3 heterocycles. The quantitative estimate of drug-likeness (QED) is 0.315. The van der Waals surface area contributed by atoms with E-state index in [0.717, 1.165) is 49.6 Å². The Morgan fingerprint density at radius 1 is 1.05 bits per heavy atom. The Morgan fingerprint density at radius 3 is 2.53 bits per heavy atom. The number of imidazole rings is 1. The molecule has 2 aromatic carbocycles. The van der Waals surface area contributed by atoms with E-state index in [1.165, 1.54) is 0 Å². The van der Waals surface area contributed by atoms with Crippen LogP contribution in [0.25, 0.3) is 16.9 Å². The van der Waals surface area contributed by atoms with Crippen LogP contribution in [0.1, 0.15) is 26.7 Å². The van der Waals surface area contributed by atoms with E-state index in [9.17, 15) is 4.79 Å². The van der Waals surface area contributed by atoms with Crippen LogP contribution in [0.5, 0.6) is 5.75 Å². The van der Waals surface area contributed by atoms with Crippen LogP contribution in [0, 0.1) is 5.92 Å². The van der Waals surface area contributed by atoms with E-state index in [2.05, 4.69) is 15.2 Å². The number of fused-ring (bicyclic) bond motifs is 1. The van der Waals surface area contributed by atoms with Crippen LogP contribution in [-0.4, -0.2) is 69.7 Å². The highest BCUT2D eigenvalue weighted by molar-refractivity contribution is 5.86. The average Bonchev–Trinajstić information content (AvgIpc) is 3.41. The topological polar surface area (TPSA) is 88.4 Å². The number of nitrogens with one attached hydrogen (secondary N) is 1. The van der Waals surface area contributed by atoms with Crippen LogP contribution in [0.15, 0.2) is 67.0 Å². The lowest BCUT2D eigenvalue weighted by molar-refractivity contribution is -0.135. The number of carbonyl (C=O) groups excluding carboxylic acids is 1. The molecule has 1 aliphatic heterocycles. The normalized spacial score (nSPS) is 15.4. The van der Waals surface area contributed by atoms with Crippen molar-refractivity contribution in [3.63, 3.8) is 0 Å². The number of hydrogen-bond donors (Lipinski definition) is 1. The Balaban J connectivity index is 1.42. The minimum absolute atomic E-state index is 0.0577. The summed E-state index contributed by atoms with van der Waals surface area (Å²) in [6.45, 7) is 7.97. The van der Waals surface area contributed by atoms with Gasteiger partial charge >= 0.3 is 0 Å². The SMILES string of the molecule is CCN(CC)C(=O)C1CCCN(c2nc(NCCOc3ccccc3)c3ncn(-c4ccccc4)c3n2)C1. The second-order valence-corrected chi connectivity index (χ2v) is 9.38. The number of nitrogens with zero attached hydrogens (tertiary/aromatic N) is 6. The molecule has 9 heteroatoms. The molecule has 0 bridgehead atoms. The smallest absolute Gasteiger partial charge is 0.229 e. The third kappa shape index (κ3) is 5.56. The largest absolute Gasteiger partial charge is 0.492 e. The van der Waals surface area contributed by atoms with Crippen LogP contribution >= 0.6 is 0 Å². The molecule has 2 aromatic heterocycles. The first-order valence-corrected chi connectivity index (χ1v) is 13.4. The number of rotatable bonds is 10. The van der Waals surface area contributed by atoms with Gasteiger partial charge in [0.2, 0.25) is 11.9 Å². The molecule has 1 atom stereocenters. The van der Waals surface area contributed by atoms with Crippen molar-refractivity contribution in [2.75, 3.05) is 49.5 Å². The molecule has 5 rings (SSSR count). The molecule has 0 aliphatic carbocycles. The molecule has 0 radical (unpaired) electrons. The lowest BCUT2D eigenvalue weighted by Crippen LogP contribution is -2.45. The number of piperidine rings is 1. The van der Waals surface area contributed by atoms with Gasteiger partial charge in [0, 0.05) is 31.9 Å². The minimum atomic E-state index is -0.0577. The van der Waals surface area contributed by atoms with Crippen molar-refractivity contribution >= 4 is 28.8 Å². The standard InChI is InChI=1S/C29H35N7O2/c1-3-34(4-2)28(37)22-12-11-18-35(20-22)29-32-26(30-17-19-38-24-15-9-6-10-16-24)25-27(33-29)36(21-31-25)23-13-7-5-8-14-23/h5-10,13-16,21-22H,3-4,11-12,17-20H2,1-2H3,(H,30,32,33). The van der Waals surface area contributed by atoms with E-state index in [1.54, 1.807) is 6.33 Å². The molecule has 1 N–H and O–H groups in total. The molecule has 1 saturated heterocycles. The first-order valence-electron chi connectivity index (χ1n) is 13.4. The Labute approximate surface area is 223 Å². The van der Waals surface area contributed by atoms with Crippen LogP contribution in [0.4, 0.5) is 11.8 Å². The summed E-state index contributed by atoms with van der Waals surface area (Å²) in [6.07, 6.45) is 3.59. The zero-order valence-electron chi connectivity index (χ0n) is 22.1. The summed E-state index contributed by atoms with van der Waals surface area (Å²) in [5, 5.41) is 3.42. The highest BCUT2D eigenvalue weighted by Crippen LogP contribution is 2.28. The van der Waals surface area contributed by atoms with Gasteiger partial charge in [0.05, 0.1) is 12.5 Å². The Kier molecular flexibility index (Phi) is 8.01. The molecular weight excluding hydrogens is 478 g/mol. The van der Waals surface area contributed by atoms with Gasteiger partial charge in [-0.1, -0.05) is 36.4 Å². The first-order chi connectivity index (χ1) is 18.7. The molecule has 9 nitrogen and oxygen atoms in total. The summed E-state index contributed by atoms with van der Waals surface area (Å²) < 4.78 is 7.84. The number of amides is 1. The summed E-state index contributed by atoms with van der Waals surface area (Å²) >= 11 is 0. The monoisotopic (exact) mass is 513 g/mol. The Bertz CT molecular complexity index is 1340. The fourth-order valence-corrected chi connectivity index (χ4v) is 4.94. The molecule has 1 fully saturated rings. The lowest BCUT2D eigenvalue weighted by Gasteiger charge is -2.34. The fourth-order valence-electron chi connectivity index (χ4n) is 4.94. The van der Waals surface area contributed by atoms with Crippen molar-refractivity contribution in [2.45, 2.75) is 26.7 Å². The van der Waals surface area contributed by atoms with Crippen molar-refractivity contribution in [1.82, 2.24) is 24.4 Å². The maximum Gasteiger partial charge on any atom is 0.229 e. The van der Waals surface area contributed by atoms with E-state index in [0.29, 0.717) is 37.0 Å². The van der Waals surface area contributed by atoms with Gasteiger partial charge < -0.3 is 19.9 Å². The second-order valence-electron chi connectivity index (χ2n) is 9.38. The van der Waals surface area contributed by atoms with Gasteiger partial charge in [0.15, 0.2) is 17.0 Å². The molecular formula is C29H35N7O2. The van der Waals surface area contributed by atoms with E-state index < -0.39 is 0 Å². The summed E-state index contributed by atoms with van der Waals surface area (Å²) in [4.78, 5) is 31.7. The number of anilines is 2. The number of ether oxygens (including phenoxy) is 1. The summed E-state index contributed by atoms with van der Waals surface area (Å²) in [6, 6.07) is 19.8. The number of para-hydroxylation sites is 2. The highest BCUT2D eigenvalue weighted by Gasteiger charge is 2.30. The second kappa shape index (κ2) is 11.9. The first kappa shape index (κ1) is 25.5. The Morgan fingerprint density at radius 2 is 1.79 bits per heavy atom. The summed E-state index contributed by atoms with van der Waals surface area (Å²) in [5.74, 6) is 2.25. The van der Waals surface area contributed by atoms with Gasteiger partial charge in [-0.05, 0) is 51.0 Å². The maximum absolute atomic E-state index is 13.1. The fraction of sp³-hybridized carbons (Fsp3) is 0.379. The van der Waals surface area contributed by atoms with Gasteiger partial charge in [0.1, 0.15) is 18.7 Å². The zero-order chi connectivity index (χ0) is 26.3. The van der Waals surface area contributed by atoms with Gasteiger partial charge in [-0.2, -0.15) is 9.97 Å². The van der Waals surface area contributed by atoms with Crippen LogP contribution in [0.2, 0.25) is 0 Å². The molecule has 0 saturated carbocycles. The summed E-state index contributed by atoms with van der Waals surface area (Å²) in [7, 11) is 0. The van der Waals surface area contributed by atoms with Crippen molar-refractivity contribution < 1.29 is 9.53 Å². The number of carbonyl (C=O) groups is 1. The third-order valence-corrected chi connectivity index (χ3v) is 6.95. The van der Waals surface area contributed by atoms with Crippen molar-refractivity contribution in [3.05, 3.63) is 67.0 Å². The van der Waals surface area contributed by atoms with Crippen molar-refractivity contribution in [2.24, 2.45) is 5.92 Å². The predicted octanol–water partition coefficient (Wildman–Crippen LogP) is 4.39. The zero-order valence-corrected chi connectivity index (χ0v) is 22.1. The van der Waals surface area contributed by atoms with Gasteiger partial charge in [-0.15, -0.1) is 0 Å². The molecule has 1 amide bonds. The van der Waals surface area contributed by atoms with E-state index >= 15 is 0 Å². The molecule has 1 aliphatic rings. The molecule has 4 aromatic rings. The van der Waals surface area contributed by atoms with Crippen LogP contribution in [0.3, 0.4) is 0 Å². The van der Waals surface area contributed by atoms with Gasteiger partial charge in [-0.25, -0.2) is 4.98 Å². The van der Waals surface area contributed by atoms with E-state index in [1.807, 2.05) is 84.0 Å². The molecule has 38 heavy (non-hydrogen) atoms. The molecule has 0 spiro atoms. The number of benzene rings is 2. The minimum Gasteiger partial charge on any atom is -0.492 e. The van der Waals surface area contributed by atoms with Crippen molar-refractivity contribution in [3.8, 4) is 11.4 Å². The third-order valence-electron chi connectivity index (χ3n) is 6.95. The van der Waals surface area contributed by atoms with Crippen LogP contribution < -0.4 is 15.0 Å². The lowest BCUT2D eigenvalue weighted by atomic mass is 9.96. The number of hydrogen-bond acceptors (Lipinski definition) is 7. The molecule has 1 unspecified atom stereocenters. The number of aromatic nitrogens is 4. The highest BCUT2D eigenvalue weighted by atomic mass is 16.5. The van der Waals surface area contributed by atoms with Crippen molar-refractivity contribution in [1.29, 1.82) is 0 Å². The van der Waals surface area contributed by atoms with E-state index in [4.69, 9.17) is 14.7 Å². The van der Waals surface area contributed by atoms with Gasteiger partial charge in [0.25, 0.3) is 0 Å². The average molecular weight is 514 g/mol.